The molecule has 0 fully saturated rings. The fourth-order valence-corrected chi connectivity index (χ4v) is 2.59. The largest absolute Gasteiger partial charge is 0.379 e. The summed E-state index contributed by atoms with van der Waals surface area (Å²) in [5.41, 5.74) is 25.1. The van der Waals surface area contributed by atoms with Crippen molar-refractivity contribution in [3.63, 3.8) is 0 Å². The average Bonchev–Trinajstić information content (AvgIpc) is 2.85. The lowest BCUT2D eigenvalue weighted by molar-refractivity contribution is -0.0264. The van der Waals surface area contributed by atoms with Crippen LogP contribution in [0.2, 0.25) is 0 Å². The predicted molar refractivity (Wildman–Crippen MR) is 156 cm³/mol. The Morgan fingerprint density at radius 1 is 0.487 bits per heavy atom. The zero-order valence-corrected chi connectivity index (χ0v) is 25.5. The number of nitrogens with two attached hydrogens (primary N) is 4. The van der Waals surface area contributed by atoms with Crippen molar-refractivity contribution >= 4 is 0 Å². The van der Waals surface area contributed by atoms with Crippen LogP contribution in [-0.4, -0.2) is 129 Å². The first-order valence-electron chi connectivity index (χ1n) is 14.1. The second-order valence-corrected chi connectivity index (χ2v) is 10.0. The maximum Gasteiger partial charge on any atom is 0.0916 e. The Bertz CT molecular complexity index is 480. The molecule has 0 amide bonds. The predicted octanol–water partition coefficient (Wildman–Crippen LogP) is -0.651. The van der Waals surface area contributed by atoms with Crippen LogP contribution in [0, 0.1) is 0 Å². The normalized spacial score (nSPS) is 16.2. The molecule has 0 heterocycles. The minimum Gasteiger partial charge on any atom is -0.379 e. The van der Waals surface area contributed by atoms with Gasteiger partial charge in [-0.25, -0.2) is 5.48 Å². The maximum absolute atomic E-state index is 5.59. The molecule has 238 valence electrons. The molecule has 6 unspecified atom stereocenters. The van der Waals surface area contributed by atoms with Gasteiger partial charge in [-0.15, -0.1) is 0 Å². The molecular formula is C26H62N6O7. The van der Waals surface area contributed by atoms with Gasteiger partial charge in [0, 0.05) is 43.3 Å². The highest BCUT2D eigenvalue weighted by Crippen LogP contribution is 1.93. The SMILES string of the molecule is CC(N)COCCNC(C)COCCNOCCOCC(C)N.CC(N)COCCOCC(C)OCC(C)N. The lowest BCUT2D eigenvalue weighted by Gasteiger charge is -2.15. The van der Waals surface area contributed by atoms with Crippen molar-refractivity contribution in [1.82, 2.24) is 10.8 Å². The Balaban J connectivity index is 0. The molecule has 0 bridgehead atoms. The van der Waals surface area contributed by atoms with Crippen LogP contribution in [0.5, 0.6) is 0 Å². The van der Waals surface area contributed by atoms with Crippen LogP contribution < -0.4 is 33.7 Å². The first-order chi connectivity index (χ1) is 18.5. The summed E-state index contributed by atoms with van der Waals surface area (Å²) in [4.78, 5) is 5.20. The number of nitrogens with one attached hydrogen (secondary N) is 2. The van der Waals surface area contributed by atoms with E-state index in [-0.39, 0.29) is 36.3 Å². The summed E-state index contributed by atoms with van der Waals surface area (Å²) < 4.78 is 32.3. The summed E-state index contributed by atoms with van der Waals surface area (Å²) in [5.74, 6) is 0. The van der Waals surface area contributed by atoms with Crippen molar-refractivity contribution in [1.29, 1.82) is 0 Å². The van der Waals surface area contributed by atoms with E-state index in [2.05, 4.69) is 17.7 Å². The molecule has 10 N–H and O–H groups in total. The quantitative estimate of drug-likeness (QED) is 0.0539. The van der Waals surface area contributed by atoms with E-state index in [1.54, 1.807) is 0 Å². The molecular weight excluding hydrogens is 508 g/mol. The van der Waals surface area contributed by atoms with Crippen LogP contribution in [0.15, 0.2) is 0 Å². The first-order valence-corrected chi connectivity index (χ1v) is 14.1. The zero-order chi connectivity index (χ0) is 29.7. The Morgan fingerprint density at radius 3 is 1.46 bits per heavy atom. The molecule has 0 saturated carbocycles. The van der Waals surface area contributed by atoms with E-state index < -0.39 is 0 Å². The van der Waals surface area contributed by atoms with E-state index in [1.165, 1.54) is 0 Å². The van der Waals surface area contributed by atoms with Gasteiger partial charge >= 0.3 is 0 Å². The molecule has 0 aromatic heterocycles. The van der Waals surface area contributed by atoms with Crippen LogP contribution in [0.1, 0.15) is 41.5 Å². The second-order valence-electron chi connectivity index (χ2n) is 10.0. The fourth-order valence-electron chi connectivity index (χ4n) is 2.59. The molecule has 13 heteroatoms. The van der Waals surface area contributed by atoms with Crippen LogP contribution in [0.3, 0.4) is 0 Å². The summed E-state index contributed by atoms with van der Waals surface area (Å²) in [6.45, 7) is 20.0. The van der Waals surface area contributed by atoms with Crippen molar-refractivity contribution in [3.05, 3.63) is 0 Å². The lowest BCUT2D eigenvalue weighted by Crippen LogP contribution is -2.35. The van der Waals surface area contributed by atoms with Crippen LogP contribution in [0.25, 0.3) is 0 Å². The van der Waals surface area contributed by atoms with Crippen molar-refractivity contribution in [2.45, 2.75) is 77.9 Å². The van der Waals surface area contributed by atoms with Gasteiger partial charge in [-0.2, -0.15) is 0 Å². The van der Waals surface area contributed by atoms with Gasteiger partial charge < -0.3 is 56.7 Å². The zero-order valence-electron chi connectivity index (χ0n) is 25.5. The van der Waals surface area contributed by atoms with Crippen LogP contribution >= 0.6 is 0 Å². The molecule has 0 radical (unpaired) electrons. The molecule has 13 nitrogen and oxygen atoms in total. The van der Waals surface area contributed by atoms with Gasteiger partial charge in [-0.1, -0.05) is 0 Å². The third-order valence-corrected chi connectivity index (χ3v) is 4.40. The number of hydrogen-bond donors (Lipinski definition) is 6. The lowest BCUT2D eigenvalue weighted by atomic mass is 10.3. The second kappa shape index (κ2) is 30.4. The number of ether oxygens (including phenoxy) is 6. The minimum atomic E-state index is 0.0581. The van der Waals surface area contributed by atoms with E-state index >= 15 is 0 Å². The van der Waals surface area contributed by atoms with E-state index in [1.807, 2.05) is 34.6 Å². The van der Waals surface area contributed by atoms with Gasteiger partial charge in [0.15, 0.2) is 0 Å². The van der Waals surface area contributed by atoms with Crippen molar-refractivity contribution in [3.8, 4) is 0 Å². The smallest absolute Gasteiger partial charge is 0.0916 e. The molecule has 0 spiro atoms. The standard InChI is InChI=1S/C15H36N4O4.C11H26N2O3/c1-13(16)10-20-6-4-18-15(3)12-21-7-5-19-23-9-8-22-11-14(2)17;1-9(12)6-14-4-5-15-8-11(3)16-7-10(2)13/h13-15,18-19H,4-12,16-17H2,1-3H3;9-11H,4-8,12-13H2,1-3H3. The highest BCUT2D eigenvalue weighted by atomic mass is 16.7. The number of rotatable bonds is 27. The van der Waals surface area contributed by atoms with Crippen LogP contribution in [-0.2, 0) is 33.3 Å². The van der Waals surface area contributed by atoms with Crippen molar-refractivity contribution in [2.24, 2.45) is 22.9 Å². The first kappa shape index (κ1) is 40.6. The molecule has 0 aliphatic rings. The Morgan fingerprint density at radius 2 is 0.923 bits per heavy atom. The summed E-state index contributed by atoms with van der Waals surface area (Å²) in [6, 6.07) is 0.565. The van der Waals surface area contributed by atoms with Gasteiger partial charge in [0.05, 0.1) is 85.4 Å². The average molecular weight is 571 g/mol. The van der Waals surface area contributed by atoms with Gasteiger partial charge in [0.2, 0.25) is 0 Å². The van der Waals surface area contributed by atoms with Crippen molar-refractivity contribution < 1.29 is 33.3 Å². The maximum atomic E-state index is 5.59. The highest BCUT2D eigenvalue weighted by Gasteiger charge is 2.04. The summed E-state index contributed by atoms with van der Waals surface area (Å²) in [5, 5.41) is 3.32. The van der Waals surface area contributed by atoms with Gasteiger partial charge in [0.25, 0.3) is 0 Å². The monoisotopic (exact) mass is 570 g/mol. The van der Waals surface area contributed by atoms with E-state index in [9.17, 15) is 0 Å². The highest BCUT2D eigenvalue weighted by molar-refractivity contribution is 4.59. The van der Waals surface area contributed by atoms with E-state index in [4.69, 9.17) is 56.2 Å². The summed E-state index contributed by atoms with van der Waals surface area (Å²) in [7, 11) is 0. The molecule has 6 atom stereocenters. The van der Waals surface area contributed by atoms with E-state index in [0.29, 0.717) is 85.8 Å². The third-order valence-electron chi connectivity index (χ3n) is 4.40. The van der Waals surface area contributed by atoms with Crippen LogP contribution in [0.4, 0.5) is 0 Å². The Hall–Kier alpha value is -0.520. The molecule has 0 aromatic carbocycles. The fraction of sp³-hybridized carbons (Fsp3) is 1.00. The molecule has 39 heavy (non-hydrogen) atoms. The number of hydrogen-bond acceptors (Lipinski definition) is 13. The Kier molecular flexibility index (Phi) is 31.7. The third kappa shape index (κ3) is 39.7. The van der Waals surface area contributed by atoms with Gasteiger partial charge in [-0.05, 0) is 41.5 Å². The molecule has 0 rings (SSSR count). The number of hydroxylamine groups is 1. The molecule has 0 aliphatic heterocycles. The molecule has 0 saturated heterocycles. The van der Waals surface area contributed by atoms with Gasteiger partial charge in [0.1, 0.15) is 0 Å². The Labute approximate surface area is 237 Å². The van der Waals surface area contributed by atoms with E-state index in [0.717, 1.165) is 6.54 Å². The minimum absolute atomic E-state index is 0.0581. The summed E-state index contributed by atoms with van der Waals surface area (Å²) in [6.07, 6.45) is 0.0689. The summed E-state index contributed by atoms with van der Waals surface area (Å²) >= 11 is 0. The topological polar surface area (TPSA) is 193 Å². The molecule has 0 aliphatic carbocycles. The molecule has 0 aromatic rings. The van der Waals surface area contributed by atoms with Crippen molar-refractivity contribution in [2.75, 3.05) is 92.4 Å². The van der Waals surface area contributed by atoms with Gasteiger partial charge in [-0.3, -0.25) is 4.84 Å².